The standard InChI is InChI=1S/C18H19N5O2S/c19-18(20)23-16-6-2-1-4-13(16)8-11-22-26(24,25)17-7-3-5-14-12-21-10-9-15(14)17/h1-7,9-10,12,22H,8,11H2,(H4,19,20,23). The van der Waals surface area contributed by atoms with E-state index in [-0.39, 0.29) is 17.4 Å². The van der Waals surface area contributed by atoms with Crippen LogP contribution in [0.1, 0.15) is 5.56 Å². The number of anilines is 1. The summed E-state index contributed by atoms with van der Waals surface area (Å²) in [6.45, 7) is 0.223. The largest absolute Gasteiger partial charge is 0.370 e. The molecule has 1 aromatic heterocycles. The highest BCUT2D eigenvalue weighted by atomic mass is 32.2. The van der Waals surface area contributed by atoms with Crippen LogP contribution in [0, 0.1) is 5.41 Å². The second kappa shape index (κ2) is 7.51. The topological polar surface area (TPSA) is 121 Å². The van der Waals surface area contributed by atoms with Gasteiger partial charge in [0.05, 0.1) is 4.90 Å². The fourth-order valence-corrected chi connectivity index (χ4v) is 3.99. The second-order valence-electron chi connectivity index (χ2n) is 5.70. The fourth-order valence-electron chi connectivity index (χ4n) is 2.73. The molecule has 0 aliphatic carbocycles. The van der Waals surface area contributed by atoms with Crippen LogP contribution in [-0.4, -0.2) is 25.9 Å². The van der Waals surface area contributed by atoms with Gasteiger partial charge in [0.1, 0.15) is 0 Å². The number of guanidine groups is 1. The lowest BCUT2D eigenvalue weighted by atomic mass is 10.1. The van der Waals surface area contributed by atoms with E-state index in [0.29, 0.717) is 17.5 Å². The van der Waals surface area contributed by atoms with Crippen LogP contribution in [0.25, 0.3) is 10.8 Å². The lowest BCUT2D eigenvalue weighted by Gasteiger charge is -2.12. The third kappa shape index (κ3) is 3.98. The van der Waals surface area contributed by atoms with Crippen LogP contribution in [0.15, 0.2) is 65.8 Å². The molecular formula is C18H19N5O2S. The quantitative estimate of drug-likeness (QED) is 0.391. The number of rotatable bonds is 6. The predicted molar refractivity (Wildman–Crippen MR) is 103 cm³/mol. The molecule has 3 aromatic rings. The number of hydrogen-bond donors (Lipinski definition) is 4. The summed E-state index contributed by atoms with van der Waals surface area (Å²) in [4.78, 5) is 4.25. The van der Waals surface area contributed by atoms with Gasteiger partial charge in [0.25, 0.3) is 0 Å². The van der Waals surface area contributed by atoms with Crippen molar-refractivity contribution in [1.29, 1.82) is 5.41 Å². The molecule has 0 saturated heterocycles. The predicted octanol–water partition coefficient (Wildman–Crippen LogP) is 2.06. The minimum absolute atomic E-state index is 0.164. The monoisotopic (exact) mass is 369 g/mol. The van der Waals surface area contributed by atoms with Crippen molar-refractivity contribution in [2.45, 2.75) is 11.3 Å². The number of nitrogens with zero attached hydrogens (tertiary/aromatic N) is 1. The van der Waals surface area contributed by atoms with E-state index >= 15 is 0 Å². The summed E-state index contributed by atoms with van der Waals surface area (Å²) in [5, 5.41) is 11.5. The minimum Gasteiger partial charge on any atom is -0.370 e. The number of nitrogens with one attached hydrogen (secondary N) is 3. The molecule has 134 valence electrons. The number of nitrogens with two attached hydrogens (primary N) is 1. The van der Waals surface area contributed by atoms with E-state index in [4.69, 9.17) is 11.1 Å². The fraction of sp³-hybridized carbons (Fsp3) is 0.111. The van der Waals surface area contributed by atoms with Gasteiger partial charge in [-0.1, -0.05) is 30.3 Å². The second-order valence-corrected chi connectivity index (χ2v) is 7.43. The Morgan fingerprint density at radius 2 is 1.92 bits per heavy atom. The molecule has 2 aromatic carbocycles. The highest BCUT2D eigenvalue weighted by molar-refractivity contribution is 7.89. The Balaban J connectivity index is 1.76. The van der Waals surface area contributed by atoms with Crippen molar-refractivity contribution < 1.29 is 8.42 Å². The minimum atomic E-state index is -3.66. The van der Waals surface area contributed by atoms with E-state index in [2.05, 4.69) is 15.0 Å². The van der Waals surface area contributed by atoms with E-state index < -0.39 is 10.0 Å². The van der Waals surface area contributed by atoms with Gasteiger partial charge in [-0.2, -0.15) is 0 Å². The zero-order valence-corrected chi connectivity index (χ0v) is 14.8. The van der Waals surface area contributed by atoms with Gasteiger partial charge in [-0.25, -0.2) is 13.1 Å². The van der Waals surface area contributed by atoms with Crippen molar-refractivity contribution in [3.63, 3.8) is 0 Å². The van der Waals surface area contributed by atoms with Gasteiger partial charge in [0, 0.05) is 35.4 Å². The number of aromatic nitrogens is 1. The molecule has 5 N–H and O–H groups in total. The van der Waals surface area contributed by atoms with Crippen molar-refractivity contribution in [3.8, 4) is 0 Å². The third-order valence-corrected chi connectivity index (χ3v) is 5.42. The van der Waals surface area contributed by atoms with Gasteiger partial charge < -0.3 is 11.1 Å². The Hall–Kier alpha value is -2.97. The van der Waals surface area contributed by atoms with Crippen LogP contribution in [-0.2, 0) is 16.4 Å². The normalized spacial score (nSPS) is 11.4. The van der Waals surface area contributed by atoms with Crippen molar-refractivity contribution in [1.82, 2.24) is 9.71 Å². The van der Waals surface area contributed by atoms with Crippen LogP contribution in [0.5, 0.6) is 0 Å². The van der Waals surface area contributed by atoms with Gasteiger partial charge in [0.2, 0.25) is 10.0 Å². The first-order valence-electron chi connectivity index (χ1n) is 7.99. The molecule has 0 spiro atoms. The average Bonchev–Trinajstić information content (AvgIpc) is 2.62. The molecule has 0 amide bonds. The van der Waals surface area contributed by atoms with Gasteiger partial charge in [0.15, 0.2) is 5.96 Å². The van der Waals surface area contributed by atoms with Crippen LogP contribution in [0.3, 0.4) is 0 Å². The molecular weight excluding hydrogens is 350 g/mol. The maximum absolute atomic E-state index is 12.7. The maximum atomic E-state index is 12.7. The molecule has 0 aliphatic rings. The molecule has 0 unspecified atom stereocenters. The van der Waals surface area contributed by atoms with E-state index in [1.807, 2.05) is 24.3 Å². The smallest absolute Gasteiger partial charge is 0.241 e. The molecule has 8 heteroatoms. The number of para-hydroxylation sites is 1. The lowest BCUT2D eigenvalue weighted by molar-refractivity contribution is 0.582. The van der Waals surface area contributed by atoms with Gasteiger partial charge >= 0.3 is 0 Å². The van der Waals surface area contributed by atoms with Crippen LogP contribution < -0.4 is 15.8 Å². The summed E-state index contributed by atoms with van der Waals surface area (Å²) >= 11 is 0. The Labute approximate surface area is 151 Å². The maximum Gasteiger partial charge on any atom is 0.241 e. The molecule has 0 radical (unpaired) electrons. The van der Waals surface area contributed by atoms with Crippen molar-refractivity contribution in [2.75, 3.05) is 11.9 Å². The summed E-state index contributed by atoms with van der Waals surface area (Å²) in [5.41, 5.74) is 6.93. The van der Waals surface area contributed by atoms with E-state index in [1.165, 1.54) is 0 Å². The Kier molecular flexibility index (Phi) is 5.15. The number of hydrogen-bond acceptors (Lipinski definition) is 4. The SMILES string of the molecule is N=C(N)Nc1ccccc1CCNS(=O)(=O)c1cccc2cnccc12. The lowest BCUT2D eigenvalue weighted by Crippen LogP contribution is -2.27. The van der Waals surface area contributed by atoms with Gasteiger partial charge in [-0.3, -0.25) is 10.4 Å². The molecule has 0 fully saturated rings. The summed E-state index contributed by atoms with van der Waals surface area (Å²) in [6, 6.07) is 14.1. The van der Waals surface area contributed by atoms with E-state index in [1.54, 1.807) is 36.7 Å². The number of sulfonamides is 1. The first kappa shape index (κ1) is 17.8. The summed E-state index contributed by atoms with van der Waals surface area (Å²) < 4.78 is 28.0. The number of benzene rings is 2. The number of fused-ring (bicyclic) bond motifs is 1. The summed E-state index contributed by atoms with van der Waals surface area (Å²) in [7, 11) is -3.66. The first-order chi connectivity index (χ1) is 12.5. The molecule has 1 heterocycles. The molecule has 0 aliphatic heterocycles. The summed E-state index contributed by atoms with van der Waals surface area (Å²) in [5.74, 6) is -0.164. The molecule has 7 nitrogen and oxygen atoms in total. The van der Waals surface area contributed by atoms with Crippen LogP contribution >= 0.6 is 0 Å². The van der Waals surface area contributed by atoms with Crippen LogP contribution in [0.4, 0.5) is 5.69 Å². The highest BCUT2D eigenvalue weighted by Gasteiger charge is 2.17. The Morgan fingerprint density at radius 3 is 2.73 bits per heavy atom. The van der Waals surface area contributed by atoms with Crippen molar-refractivity contribution >= 4 is 32.4 Å². The molecule has 3 rings (SSSR count). The zero-order valence-electron chi connectivity index (χ0n) is 13.9. The Bertz CT molecular complexity index is 1040. The Morgan fingerprint density at radius 1 is 1.12 bits per heavy atom. The molecule has 26 heavy (non-hydrogen) atoms. The first-order valence-corrected chi connectivity index (χ1v) is 9.47. The van der Waals surface area contributed by atoms with Crippen LogP contribution in [0.2, 0.25) is 0 Å². The van der Waals surface area contributed by atoms with E-state index in [0.717, 1.165) is 10.9 Å². The van der Waals surface area contributed by atoms with Gasteiger partial charge in [-0.15, -0.1) is 0 Å². The number of pyridine rings is 1. The van der Waals surface area contributed by atoms with Gasteiger partial charge in [-0.05, 0) is 30.2 Å². The molecule has 0 saturated carbocycles. The molecule has 0 bridgehead atoms. The summed E-state index contributed by atoms with van der Waals surface area (Å²) in [6.07, 6.45) is 3.67. The third-order valence-electron chi connectivity index (χ3n) is 3.90. The van der Waals surface area contributed by atoms with E-state index in [9.17, 15) is 8.42 Å². The zero-order chi connectivity index (χ0) is 18.6. The van der Waals surface area contributed by atoms with Crippen molar-refractivity contribution in [2.24, 2.45) is 5.73 Å². The van der Waals surface area contributed by atoms with Crippen molar-refractivity contribution in [3.05, 3.63) is 66.5 Å². The molecule has 0 atom stereocenters. The average molecular weight is 369 g/mol. The highest BCUT2D eigenvalue weighted by Crippen LogP contribution is 2.22.